The fourth-order valence-electron chi connectivity index (χ4n) is 1.83. The second-order valence-corrected chi connectivity index (χ2v) is 4.72. The molecule has 1 aromatic carbocycles. The van der Waals surface area contributed by atoms with E-state index in [2.05, 4.69) is 5.32 Å². The van der Waals surface area contributed by atoms with Crippen LogP contribution in [-0.4, -0.2) is 42.5 Å². The molecule has 1 aromatic rings. The van der Waals surface area contributed by atoms with Crippen LogP contribution >= 0.6 is 11.6 Å². The maximum atomic E-state index is 13.5. The van der Waals surface area contributed by atoms with Gasteiger partial charge in [-0.3, -0.25) is 14.5 Å². The van der Waals surface area contributed by atoms with E-state index in [0.717, 1.165) is 4.90 Å². The summed E-state index contributed by atoms with van der Waals surface area (Å²) in [5.41, 5.74) is 0.00975. The summed E-state index contributed by atoms with van der Waals surface area (Å²) in [6.45, 7) is 0.0238. The van der Waals surface area contributed by atoms with Gasteiger partial charge in [-0.25, -0.2) is 9.18 Å². The van der Waals surface area contributed by atoms with E-state index in [1.807, 2.05) is 0 Å². The lowest BCUT2D eigenvalue weighted by Gasteiger charge is -2.12. The van der Waals surface area contributed by atoms with Gasteiger partial charge in [-0.15, -0.1) is 0 Å². The summed E-state index contributed by atoms with van der Waals surface area (Å²) in [4.78, 5) is 35.4. The van der Waals surface area contributed by atoms with Gasteiger partial charge in [0.25, 0.3) is 5.91 Å². The third-order valence-corrected chi connectivity index (χ3v) is 3.25. The van der Waals surface area contributed by atoms with E-state index in [-0.39, 0.29) is 23.6 Å². The van der Waals surface area contributed by atoms with Crippen LogP contribution in [0.5, 0.6) is 0 Å². The first kappa shape index (κ1) is 15.2. The van der Waals surface area contributed by atoms with Gasteiger partial charge in [0, 0.05) is 23.7 Å². The number of imide groups is 1. The number of urea groups is 1. The molecule has 1 aliphatic rings. The summed E-state index contributed by atoms with van der Waals surface area (Å²) in [6.07, 6.45) is -0.384. The molecule has 2 rings (SSSR count). The van der Waals surface area contributed by atoms with Crippen molar-refractivity contribution in [1.82, 2.24) is 10.2 Å². The van der Waals surface area contributed by atoms with Crippen molar-refractivity contribution in [2.45, 2.75) is 6.42 Å². The molecule has 1 N–H and O–H groups in total. The van der Waals surface area contributed by atoms with Crippen molar-refractivity contribution in [1.29, 1.82) is 0 Å². The van der Waals surface area contributed by atoms with E-state index in [4.69, 9.17) is 16.3 Å². The zero-order valence-electron chi connectivity index (χ0n) is 10.9. The number of rotatable bonds is 4. The average molecular weight is 315 g/mol. The first-order valence-corrected chi connectivity index (χ1v) is 6.53. The van der Waals surface area contributed by atoms with Crippen molar-refractivity contribution in [2.75, 3.05) is 19.7 Å². The van der Waals surface area contributed by atoms with E-state index in [9.17, 15) is 18.8 Å². The second kappa shape index (κ2) is 6.53. The Morgan fingerprint density at radius 2 is 2.19 bits per heavy atom. The number of hydrogen-bond donors (Lipinski definition) is 1. The van der Waals surface area contributed by atoms with Crippen molar-refractivity contribution in [3.8, 4) is 0 Å². The maximum Gasteiger partial charge on any atom is 0.324 e. The van der Waals surface area contributed by atoms with Crippen molar-refractivity contribution >= 4 is 29.5 Å². The predicted octanol–water partition coefficient (Wildman–Crippen LogP) is 1.12. The van der Waals surface area contributed by atoms with Gasteiger partial charge in [-0.05, 0) is 12.1 Å². The van der Waals surface area contributed by atoms with Gasteiger partial charge in [0.15, 0.2) is 6.61 Å². The van der Waals surface area contributed by atoms with E-state index in [1.165, 1.54) is 18.2 Å². The molecular formula is C13H12ClFN2O4. The maximum absolute atomic E-state index is 13.5. The van der Waals surface area contributed by atoms with Gasteiger partial charge in [0.05, 0.1) is 6.42 Å². The standard InChI is InChI=1S/C13H12ClFN2O4/c14-9-2-1-3-10(15)8(9)6-12(19)21-7-11(18)17-5-4-16-13(17)20/h1-3H,4-7H2,(H,16,20). The van der Waals surface area contributed by atoms with Crippen LogP contribution in [-0.2, 0) is 20.7 Å². The molecule has 3 amide bonds. The number of halogens is 2. The molecule has 1 fully saturated rings. The molecular weight excluding hydrogens is 303 g/mol. The normalized spacial score (nSPS) is 14.0. The third-order valence-electron chi connectivity index (χ3n) is 2.90. The predicted molar refractivity (Wildman–Crippen MR) is 71.2 cm³/mol. The molecule has 0 unspecified atom stereocenters. The van der Waals surface area contributed by atoms with Crippen LogP contribution in [0.3, 0.4) is 0 Å². The molecule has 6 nitrogen and oxygen atoms in total. The van der Waals surface area contributed by atoms with Gasteiger partial charge >= 0.3 is 12.0 Å². The summed E-state index contributed by atoms with van der Waals surface area (Å²) in [5.74, 6) is -2.04. The molecule has 0 spiro atoms. The number of nitrogens with zero attached hydrogens (tertiary/aromatic N) is 1. The fraction of sp³-hybridized carbons (Fsp3) is 0.308. The van der Waals surface area contributed by atoms with Gasteiger partial charge in [-0.1, -0.05) is 17.7 Å². The summed E-state index contributed by atoms with van der Waals surface area (Å²) in [5, 5.41) is 2.56. The van der Waals surface area contributed by atoms with Crippen LogP contribution in [0.1, 0.15) is 5.56 Å². The molecule has 1 aliphatic heterocycles. The second-order valence-electron chi connectivity index (χ2n) is 4.31. The lowest BCUT2D eigenvalue weighted by Crippen LogP contribution is -2.37. The zero-order chi connectivity index (χ0) is 15.4. The van der Waals surface area contributed by atoms with Crippen LogP contribution in [0.2, 0.25) is 5.02 Å². The van der Waals surface area contributed by atoms with Crippen molar-refractivity contribution < 1.29 is 23.5 Å². The first-order valence-electron chi connectivity index (χ1n) is 6.15. The van der Waals surface area contributed by atoms with E-state index in [1.54, 1.807) is 0 Å². The third kappa shape index (κ3) is 3.69. The Bertz CT molecular complexity index is 573. The molecule has 0 radical (unpaired) electrons. The topological polar surface area (TPSA) is 75.7 Å². The van der Waals surface area contributed by atoms with Gasteiger partial charge in [0.2, 0.25) is 0 Å². The Morgan fingerprint density at radius 1 is 1.43 bits per heavy atom. The fourth-order valence-corrected chi connectivity index (χ4v) is 2.06. The summed E-state index contributed by atoms with van der Waals surface area (Å²) in [7, 11) is 0. The summed E-state index contributed by atoms with van der Waals surface area (Å²) in [6, 6.07) is 3.52. The van der Waals surface area contributed by atoms with Crippen LogP contribution < -0.4 is 5.32 Å². The zero-order valence-corrected chi connectivity index (χ0v) is 11.7. The molecule has 0 saturated carbocycles. The average Bonchev–Trinajstić information content (AvgIpc) is 2.87. The van der Waals surface area contributed by atoms with Gasteiger partial charge in [-0.2, -0.15) is 0 Å². The molecule has 112 valence electrons. The highest BCUT2D eigenvalue weighted by atomic mass is 35.5. The number of ether oxygens (including phenoxy) is 1. The Kier molecular flexibility index (Phi) is 4.74. The SMILES string of the molecule is O=C(Cc1c(F)cccc1Cl)OCC(=O)N1CCNC1=O. The first-order chi connectivity index (χ1) is 9.99. The Labute approximate surface area is 124 Å². The van der Waals surface area contributed by atoms with Gasteiger partial charge in [0.1, 0.15) is 5.82 Å². The van der Waals surface area contributed by atoms with Crippen molar-refractivity contribution in [3.63, 3.8) is 0 Å². The Morgan fingerprint density at radius 3 is 2.81 bits per heavy atom. The number of benzene rings is 1. The summed E-state index contributed by atoms with van der Waals surface area (Å²) >= 11 is 5.78. The highest BCUT2D eigenvalue weighted by Crippen LogP contribution is 2.19. The van der Waals surface area contributed by atoms with Crippen LogP contribution in [0, 0.1) is 5.82 Å². The Balaban J connectivity index is 1.88. The monoisotopic (exact) mass is 314 g/mol. The lowest BCUT2D eigenvalue weighted by atomic mass is 10.1. The van der Waals surface area contributed by atoms with E-state index < -0.39 is 30.3 Å². The number of amides is 3. The lowest BCUT2D eigenvalue weighted by molar-refractivity contribution is -0.150. The van der Waals surface area contributed by atoms with Crippen molar-refractivity contribution in [3.05, 3.63) is 34.6 Å². The number of carbonyl (C=O) groups is 3. The molecule has 0 aliphatic carbocycles. The van der Waals surface area contributed by atoms with Gasteiger partial charge < -0.3 is 10.1 Å². The minimum atomic E-state index is -0.796. The minimum Gasteiger partial charge on any atom is -0.455 e. The molecule has 8 heteroatoms. The highest BCUT2D eigenvalue weighted by molar-refractivity contribution is 6.31. The van der Waals surface area contributed by atoms with E-state index in [0.29, 0.717) is 6.54 Å². The molecule has 1 saturated heterocycles. The molecule has 1 heterocycles. The summed E-state index contributed by atoms with van der Waals surface area (Å²) < 4.78 is 18.2. The van der Waals surface area contributed by atoms with E-state index >= 15 is 0 Å². The quantitative estimate of drug-likeness (QED) is 0.845. The number of nitrogens with one attached hydrogen (secondary N) is 1. The number of carbonyl (C=O) groups excluding carboxylic acids is 3. The number of esters is 1. The smallest absolute Gasteiger partial charge is 0.324 e. The van der Waals surface area contributed by atoms with Crippen LogP contribution in [0.25, 0.3) is 0 Å². The molecule has 0 bridgehead atoms. The van der Waals surface area contributed by atoms with Crippen molar-refractivity contribution in [2.24, 2.45) is 0 Å². The largest absolute Gasteiger partial charge is 0.455 e. The minimum absolute atomic E-state index is 0.00975. The molecule has 21 heavy (non-hydrogen) atoms. The molecule has 0 atom stereocenters. The Hall–Kier alpha value is -2.15. The highest BCUT2D eigenvalue weighted by Gasteiger charge is 2.26. The van der Waals surface area contributed by atoms with Crippen LogP contribution in [0.15, 0.2) is 18.2 Å². The number of hydrogen-bond acceptors (Lipinski definition) is 4. The van der Waals surface area contributed by atoms with Crippen LogP contribution in [0.4, 0.5) is 9.18 Å². The molecule has 0 aromatic heterocycles.